The molecule has 11 heteroatoms. The van der Waals surface area contributed by atoms with Crippen molar-refractivity contribution in [3.8, 4) is 0 Å². The van der Waals surface area contributed by atoms with Gasteiger partial charge in [0.15, 0.2) is 0 Å². The van der Waals surface area contributed by atoms with Crippen molar-refractivity contribution >= 4 is 79.1 Å². The number of halogens is 2. The van der Waals surface area contributed by atoms with E-state index in [9.17, 15) is 9.59 Å². The molecule has 0 bridgehead atoms. The van der Waals surface area contributed by atoms with Crippen LogP contribution in [0.25, 0.3) is 44.1 Å². The smallest absolute Gasteiger partial charge is 0.253 e. The Balaban J connectivity index is 1.23. The molecule has 6 aromatic rings. The molecule has 2 heterocycles. The molecule has 222 valence electrons. The van der Waals surface area contributed by atoms with Gasteiger partial charge in [-0.2, -0.15) is 0 Å². The summed E-state index contributed by atoms with van der Waals surface area (Å²) in [5.74, 6) is -0.643. The maximum Gasteiger partial charge on any atom is 0.253 e. The first-order valence-electron chi connectivity index (χ1n) is 14.3. The molecule has 2 aromatic heterocycles. The van der Waals surface area contributed by atoms with Crippen LogP contribution in [0.5, 0.6) is 0 Å². The van der Waals surface area contributed by atoms with E-state index in [1.54, 1.807) is 72.8 Å². The predicted molar refractivity (Wildman–Crippen MR) is 175 cm³/mol. The number of para-hydroxylation sites is 2. The fraction of sp³-hybridized carbons (Fsp3) is 0.212. The molecule has 0 fully saturated rings. The molecular formula is C33H29Cl2N7O2. The maximum atomic E-state index is 13.6. The van der Waals surface area contributed by atoms with E-state index >= 15 is 0 Å². The molecule has 4 N–H and O–H groups in total. The van der Waals surface area contributed by atoms with Gasteiger partial charge in [-0.3, -0.25) is 9.59 Å². The third-order valence-electron chi connectivity index (χ3n) is 7.78. The molecule has 4 aromatic carbocycles. The summed E-state index contributed by atoms with van der Waals surface area (Å²) in [5, 5.41) is 7.27. The average molecular weight is 627 g/mol. The van der Waals surface area contributed by atoms with Crippen LogP contribution in [-0.4, -0.2) is 49.9 Å². The summed E-state index contributed by atoms with van der Waals surface area (Å²) in [5.41, 5.74) is 12.2. The summed E-state index contributed by atoms with van der Waals surface area (Å²) in [6, 6.07) is 19.6. The molecule has 0 aliphatic rings. The van der Waals surface area contributed by atoms with Gasteiger partial charge in [-0.15, -0.1) is 0 Å². The van der Waals surface area contributed by atoms with Crippen LogP contribution in [0.1, 0.15) is 47.4 Å². The number of hydrogen-bond donors (Lipinski definition) is 3. The number of nitrogens with one attached hydrogen (secondary N) is 2. The molecule has 2 atom stereocenters. The first-order valence-corrected chi connectivity index (χ1v) is 15.1. The fourth-order valence-corrected chi connectivity index (χ4v) is 5.75. The quantitative estimate of drug-likeness (QED) is 0.171. The highest BCUT2D eigenvalue weighted by Gasteiger charge is 2.28. The zero-order chi connectivity index (χ0) is 31.0. The van der Waals surface area contributed by atoms with Crippen LogP contribution in [-0.2, 0) is 0 Å². The molecule has 44 heavy (non-hydrogen) atoms. The molecule has 0 saturated heterocycles. The number of nitrogens with two attached hydrogens (primary N) is 1. The van der Waals surface area contributed by atoms with E-state index in [1.165, 1.54) is 0 Å². The van der Waals surface area contributed by atoms with E-state index in [0.717, 1.165) is 0 Å². The largest absolute Gasteiger partial charge is 0.348 e. The molecule has 0 aliphatic heterocycles. The molecule has 2 amide bonds. The molecule has 2 unspecified atom stereocenters. The summed E-state index contributed by atoms with van der Waals surface area (Å²) in [6.07, 6.45) is 1.09. The predicted octanol–water partition coefficient (Wildman–Crippen LogP) is 6.23. The van der Waals surface area contributed by atoms with Crippen molar-refractivity contribution < 1.29 is 9.59 Å². The minimum atomic E-state index is -0.578. The zero-order valence-electron chi connectivity index (χ0n) is 24.0. The Hall–Kier alpha value is -4.44. The van der Waals surface area contributed by atoms with E-state index in [2.05, 4.69) is 20.6 Å². The Morgan fingerprint density at radius 2 is 1.07 bits per heavy atom. The highest BCUT2D eigenvalue weighted by atomic mass is 35.5. The summed E-state index contributed by atoms with van der Waals surface area (Å²) in [7, 11) is 0. The fourth-order valence-electron chi connectivity index (χ4n) is 5.42. The van der Waals surface area contributed by atoms with E-state index in [1.807, 2.05) is 13.8 Å². The van der Waals surface area contributed by atoms with Gasteiger partial charge in [-0.25, -0.2) is 19.9 Å². The normalized spacial score (nSPS) is 13.7. The molecule has 0 aliphatic carbocycles. The first kappa shape index (κ1) is 29.6. The average Bonchev–Trinajstić information content (AvgIpc) is 3.03. The number of benzene rings is 4. The molecule has 0 spiro atoms. The number of aromatic nitrogens is 4. The zero-order valence-corrected chi connectivity index (χ0v) is 25.5. The standard InChI is InChI=1S/C33H29Cl2N7O2/c1-3-21(41-32(43)19-7-5-9-25-30(19)39-23-13-11-17(34)15-27(23)37-25)29(36)22(4-2)42-33(44)20-8-6-10-26-31(20)40-24-14-12-18(35)16-28(24)38-26/h5-16,21-22,29H,3-4,36H2,1-2H3,(H,41,43)(H,42,44). The van der Waals surface area contributed by atoms with Gasteiger partial charge in [0.25, 0.3) is 11.8 Å². The molecule has 0 radical (unpaired) electrons. The van der Waals surface area contributed by atoms with Gasteiger partial charge in [0.05, 0.1) is 44.2 Å². The second-order valence-electron chi connectivity index (χ2n) is 10.6. The van der Waals surface area contributed by atoms with Gasteiger partial charge in [0, 0.05) is 28.2 Å². The monoisotopic (exact) mass is 625 g/mol. The Labute approximate surface area is 263 Å². The number of nitrogens with zero attached hydrogens (tertiary/aromatic N) is 4. The van der Waals surface area contributed by atoms with Gasteiger partial charge < -0.3 is 16.4 Å². The van der Waals surface area contributed by atoms with Gasteiger partial charge >= 0.3 is 0 Å². The van der Waals surface area contributed by atoms with Crippen LogP contribution in [0, 0.1) is 0 Å². The lowest BCUT2D eigenvalue weighted by atomic mass is 9.95. The Morgan fingerprint density at radius 3 is 1.48 bits per heavy atom. The van der Waals surface area contributed by atoms with Crippen LogP contribution in [0.2, 0.25) is 10.0 Å². The first-order chi connectivity index (χ1) is 21.2. The third kappa shape index (κ3) is 5.74. The highest BCUT2D eigenvalue weighted by Crippen LogP contribution is 2.24. The van der Waals surface area contributed by atoms with Crippen molar-refractivity contribution in [2.24, 2.45) is 5.73 Å². The van der Waals surface area contributed by atoms with Crippen LogP contribution in [0.4, 0.5) is 0 Å². The van der Waals surface area contributed by atoms with Crippen molar-refractivity contribution in [3.05, 3.63) is 94.0 Å². The van der Waals surface area contributed by atoms with Crippen LogP contribution >= 0.6 is 23.2 Å². The van der Waals surface area contributed by atoms with Gasteiger partial charge in [-0.05, 0) is 73.5 Å². The molecule has 0 saturated carbocycles. The second kappa shape index (κ2) is 12.3. The van der Waals surface area contributed by atoms with Gasteiger partial charge in [0.2, 0.25) is 0 Å². The Morgan fingerprint density at radius 1 is 0.636 bits per heavy atom. The summed E-state index contributed by atoms with van der Waals surface area (Å²) >= 11 is 12.3. The number of carbonyl (C=O) groups excluding carboxylic acids is 2. The summed E-state index contributed by atoms with van der Waals surface area (Å²) in [4.78, 5) is 45.9. The third-order valence-corrected chi connectivity index (χ3v) is 8.25. The highest BCUT2D eigenvalue weighted by molar-refractivity contribution is 6.31. The molecular weight excluding hydrogens is 597 g/mol. The minimum Gasteiger partial charge on any atom is -0.348 e. The van der Waals surface area contributed by atoms with E-state index in [4.69, 9.17) is 38.9 Å². The van der Waals surface area contributed by atoms with Crippen molar-refractivity contribution in [2.75, 3.05) is 0 Å². The minimum absolute atomic E-state index is 0.321. The van der Waals surface area contributed by atoms with Crippen LogP contribution in [0.15, 0.2) is 72.8 Å². The van der Waals surface area contributed by atoms with E-state index < -0.39 is 18.1 Å². The van der Waals surface area contributed by atoms with Gasteiger partial charge in [0.1, 0.15) is 11.0 Å². The van der Waals surface area contributed by atoms with E-state index in [0.29, 0.717) is 78.1 Å². The second-order valence-corrected chi connectivity index (χ2v) is 11.5. The number of rotatable bonds is 8. The van der Waals surface area contributed by atoms with Crippen LogP contribution in [0.3, 0.4) is 0 Å². The SMILES string of the molecule is CCC(NC(=O)c1cccc2nc3cc(Cl)ccc3nc12)C(N)C(CC)NC(=O)c1cccc2nc3cc(Cl)ccc3nc12. The van der Waals surface area contributed by atoms with Gasteiger partial charge in [-0.1, -0.05) is 49.2 Å². The maximum absolute atomic E-state index is 13.6. The number of hydrogen-bond acceptors (Lipinski definition) is 7. The van der Waals surface area contributed by atoms with Crippen molar-refractivity contribution in [2.45, 2.75) is 44.8 Å². The summed E-state index contributed by atoms with van der Waals surface area (Å²) in [6.45, 7) is 3.88. The lowest BCUT2D eigenvalue weighted by Gasteiger charge is -2.31. The molecule has 6 rings (SSSR count). The number of fused-ring (bicyclic) bond motifs is 4. The van der Waals surface area contributed by atoms with Crippen molar-refractivity contribution in [1.82, 2.24) is 30.6 Å². The van der Waals surface area contributed by atoms with Crippen LogP contribution < -0.4 is 16.4 Å². The Bertz CT molecular complexity index is 1920. The number of carbonyl (C=O) groups is 2. The molecule has 9 nitrogen and oxygen atoms in total. The number of amides is 2. The Kier molecular flexibility index (Phi) is 8.27. The topological polar surface area (TPSA) is 136 Å². The van der Waals surface area contributed by atoms with Crippen molar-refractivity contribution in [3.63, 3.8) is 0 Å². The van der Waals surface area contributed by atoms with Crippen molar-refractivity contribution in [1.29, 1.82) is 0 Å². The van der Waals surface area contributed by atoms with E-state index in [-0.39, 0.29) is 11.8 Å². The summed E-state index contributed by atoms with van der Waals surface area (Å²) < 4.78 is 0. The lowest BCUT2D eigenvalue weighted by molar-refractivity contribution is 0.0909. The lowest BCUT2D eigenvalue weighted by Crippen LogP contribution is -2.58.